The first-order valence-electron chi connectivity index (χ1n) is 6.40. The summed E-state index contributed by atoms with van der Waals surface area (Å²) >= 11 is 0. The zero-order valence-corrected chi connectivity index (χ0v) is 12.4. The largest absolute Gasteiger partial charge is 0.507 e. The monoisotopic (exact) mass is 344 g/mol. The van der Waals surface area contributed by atoms with E-state index in [2.05, 4.69) is 4.74 Å². The number of benzene rings is 1. The van der Waals surface area contributed by atoms with Crippen LogP contribution in [0.5, 0.6) is 5.75 Å². The standard InChI is InChI=1S/C14H11F3N2O5/c1-18-10(14(15,16)17)6-11(21)19(13(18)23)7-3-4-9(20)8(5-7)12(22)24-2/h3-6,20H,1-2H3. The van der Waals surface area contributed by atoms with Crippen molar-refractivity contribution in [2.75, 3.05) is 7.11 Å². The van der Waals surface area contributed by atoms with Crippen molar-refractivity contribution in [1.82, 2.24) is 9.13 Å². The van der Waals surface area contributed by atoms with Crippen LogP contribution in [0.4, 0.5) is 13.2 Å². The Labute approximate surface area is 132 Å². The molecule has 0 bridgehead atoms. The smallest absolute Gasteiger partial charge is 0.431 e. The van der Waals surface area contributed by atoms with E-state index < -0.39 is 34.8 Å². The fourth-order valence-corrected chi connectivity index (χ4v) is 2.07. The summed E-state index contributed by atoms with van der Waals surface area (Å²) < 4.78 is 43.6. The second-order valence-electron chi connectivity index (χ2n) is 4.74. The van der Waals surface area contributed by atoms with Crippen LogP contribution in [0.25, 0.3) is 5.69 Å². The van der Waals surface area contributed by atoms with Crippen LogP contribution in [0.3, 0.4) is 0 Å². The Morgan fingerprint density at radius 3 is 2.38 bits per heavy atom. The van der Waals surface area contributed by atoms with Crippen LogP contribution >= 0.6 is 0 Å². The molecule has 2 rings (SSSR count). The van der Waals surface area contributed by atoms with Gasteiger partial charge in [-0.05, 0) is 18.2 Å². The van der Waals surface area contributed by atoms with Crippen molar-refractivity contribution in [2.24, 2.45) is 7.05 Å². The molecule has 0 amide bonds. The average molecular weight is 344 g/mol. The SMILES string of the molecule is COC(=O)c1cc(-n2c(=O)cc(C(F)(F)F)n(C)c2=O)ccc1O. The third-order valence-electron chi connectivity index (χ3n) is 3.25. The highest BCUT2D eigenvalue weighted by atomic mass is 19.4. The number of phenols is 1. The van der Waals surface area contributed by atoms with E-state index >= 15 is 0 Å². The Bertz CT molecular complexity index is 927. The minimum atomic E-state index is -4.88. The Hall–Kier alpha value is -3.04. The van der Waals surface area contributed by atoms with Gasteiger partial charge in [0, 0.05) is 13.1 Å². The van der Waals surface area contributed by atoms with Crippen LogP contribution in [-0.2, 0) is 18.0 Å². The van der Waals surface area contributed by atoms with Crippen LogP contribution in [0.15, 0.2) is 33.9 Å². The molecular formula is C14H11F3N2O5. The second kappa shape index (κ2) is 5.87. The minimum Gasteiger partial charge on any atom is -0.507 e. The molecule has 0 atom stereocenters. The summed E-state index contributed by atoms with van der Waals surface area (Å²) in [7, 11) is 1.92. The maximum absolute atomic E-state index is 12.8. The van der Waals surface area contributed by atoms with Gasteiger partial charge in [-0.25, -0.2) is 14.2 Å². The fourth-order valence-electron chi connectivity index (χ4n) is 2.07. The molecule has 24 heavy (non-hydrogen) atoms. The van der Waals surface area contributed by atoms with Gasteiger partial charge in [0.1, 0.15) is 17.0 Å². The lowest BCUT2D eigenvalue weighted by Crippen LogP contribution is -2.40. The summed E-state index contributed by atoms with van der Waals surface area (Å²) in [5.41, 5.74) is -4.42. The van der Waals surface area contributed by atoms with Gasteiger partial charge in [-0.1, -0.05) is 0 Å². The lowest BCUT2D eigenvalue weighted by molar-refractivity contribution is -0.144. The summed E-state index contributed by atoms with van der Waals surface area (Å²) in [5.74, 6) is -1.41. The van der Waals surface area contributed by atoms with Crippen molar-refractivity contribution in [3.8, 4) is 11.4 Å². The predicted octanol–water partition coefficient (Wildman–Crippen LogP) is 1.05. The van der Waals surface area contributed by atoms with Gasteiger partial charge in [0.2, 0.25) is 0 Å². The number of hydrogen-bond acceptors (Lipinski definition) is 5. The van der Waals surface area contributed by atoms with Crippen LogP contribution in [0, 0.1) is 0 Å². The molecule has 2 aromatic rings. The molecule has 1 aromatic heterocycles. The highest BCUT2D eigenvalue weighted by Crippen LogP contribution is 2.27. The van der Waals surface area contributed by atoms with Gasteiger partial charge in [0.05, 0.1) is 12.8 Å². The van der Waals surface area contributed by atoms with Crippen molar-refractivity contribution >= 4 is 5.97 Å². The topological polar surface area (TPSA) is 90.5 Å². The average Bonchev–Trinajstić information content (AvgIpc) is 2.50. The lowest BCUT2D eigenvalue weighted by atomic mass is 10.1. The Morgan fingerprint density at radius 2 is 1.83 bits per heavy atom. The number of esters is 1. The number of nitrogens with zero attached hydrogens (tertiary/aromatic N) is 2. The number of methoxy groups -OCH3 is 1. The van der Waals surface area contributed by atoms with Crippen LogP contribution in [0.1, 0.15) is 16.1 Å². The van der Waals surface area contributed by atoms with E-state index in [4.69, 9.17) is 0 Å². The zero-order valence-electron chi connectivity index (χ0n) is 12.4. The molecule has 0 fully saturated rings. The third-order valence-corrected chi connectivity index (χ3v) is 3.25. The van der Waals surface area contributed by atoms with Crippen molar-refractivity contribution < 1.29 is 27.8 Å². The first-order valence-corrected chi connectivity index (χ1v) is 6.40. The van der Waals surface area contributed by atoms with Crippen LogP contribution < -0.4 is 11.2 Å². The molecule has 0 aliphatic carbocycles. The molecular weight excluding hydrogens is 333 g/mol. The molecule has 1 heterocycles. The van der Waals surface area contributed by atoms with Crippen molar-refractivity contribution in [3.05, 3.63) is 56.4 Å². The molecule has 1 aromatic carbocycles. The van der Waals surface area contributed by atoms with Crippen molar-refractivity contribution in [3.63, 3.8) is 0 Å². The number of aromatic nitrogens is 2. The van der Waals surface area contributed by atoms with Gasteiger partial charge >= 0.3 is 17.8 Å². The van der Waals surface area contributed by atoms with E-state index in [-0.39, 0.29) is 21.9 Å². The summed E-state index contributed by atoms with van der Waals surface area (Å²) in [6.07, 6.45) is -4.88. The third kappa shape index (κ3) is 2.90. The molecule has 7 nitrogen and oxygen atoms in total. The number of aromatic hydroxyl groups is 1. The number of rotatable bonds is 2. The molecule has 0 aliphatic heterocycles. The normalized spacial score (nSPS) is 11.4. The Balaban J connectivity index is 2.76. The number of carbonyl (C=O) groups excluding carboxylic acids is 1. The number of ether oxygens (including phenoxy) is 1. The number of halogens is 3. The van der Waals surface area contributed by atoms with Gasteiger partial charge in [-0.2, -0.15) is 13.2 Å². The van der Waals surface area contributed by atoms with Gasteiger partial charge in [-0.15, -0.1) is 0 Å². The predicted molar refractivity (Wildman–Crippen MR) is 75.3 cm³/mol. The number of hydrogen-bond donors (Lipinski definition) is 1. The number of carbonyl (C=O) groups is 1. The molecule has 0 saturated carbocycles. The van der Waals surface area contributed by atoms with Gasteiger partial charge in [0.15, 0.2) is 0 Å². The Kier molecular flexibility index (Phi) is 4.24. The summed E-state index contributed by atoms with van der Waals surface area (Å²) in [6, 6.07) is 3.37. The molecule has 0 radical (unpaired) electrons. The van der Waals surface area contributed by atoms with Gasteiger partial charge < -0.3 is 9.84 Å². The molecule has 128 valence electrons. The summed E-state index contributed by atoms with van der Waals surface area (Å²) in [5, 5.41) is 9.61. The minimum absolute atomic E-state index is 0.187. The quantitative estimate of drug-likeness (QED) is 0.823. The van der Waals surface area contributed by atoms with Crippen molar-refractivity contribution in [2.45, 2.75) is 6.18 Å². The summed E-state index contributed by atoms with van der Waals surface area (Å²) in [6.45, 7) is 0. The zero-order chi connectivity index (χ0) is 18.2. The lowest BCUT2D eigenvalue weighted by Gasteiger charge is -2.14. The maximum Gasteiger partial charge on any atom is 0.431 e. The maximum atomic E-state index is 12.8. The first kappa shape index (κ1) is 17.3. The molecule has 0 aliphatic rings. The Morgan fingerprint density at radius 1 is 1.21 bits per heavy atom. The number of alkyl halides is 3. The second-order valence-corrected chi connectivity index (χ2v) is 4.74. The number of phenolic OH excluding ortho intramolecular Hbond substituents is 1. The molecule has 0 unspecified atom stereocenters. The fraction of sp³-hybridized carbons (Fsp3) is 0.214. The van der Waals surface area contributed by atoms with E-state index in [0.717, 1.165) is 32.4 Å². The molecule has 0 saturated heterocycles. The summed E-state index contributed by atoms with van der Waals surface area (Å²) in [4.78, 5) is 35.6. The molecule has 1 N–H and O–H groups in total. The van der Waals surface area contributed by atoms with E-state index in [1.54, 1.807) is 0 Å². The first-order chi connectivity index (χ1) is 11.1. The van der Waals surface area contributed by atoms with Crippen LogP contribution in [-0.4, -0.2) is 27.3 Å². The highest BCUT2D eigenvalue weighted by molar-refractivity contribution is 5.93. The highest BCUT2D eigenvalue weighted by Gasteiger charge is 2.35. The molecule has 0 spiro atoms. The van der Waals surface area contributed by atoms with E-state index in [1.807, 2.05) is 0 Å². The van der Waals surface area contributed by atoms with Crippen LogP contribution in [0.2, 0.25) is 0 Å². The van der Waals surface area contributed by atoms with E-state index in [1.165, 1.54) is 0 Å². The molecule has 10 heteroatoms. The van der Waals surface area contributed by atoms with Crippen molar-refractivity contribution in [1.29, 1.82) is 0 Å². The van der Waals surface area contributed by atoms with E-state index in [9.17, 15) is 32.7 Å². The van der Waals surface area contributed by atoms with E-state index in [0.29, 0.717) is 4.57 Å². The van der Waals surface area contributed by atoms with Gasteiger partial charge in [0.25, 0.3) is 5.56 Å². The van der Waals surface area contributed by atoms with Gasteiger partial charge in [-0.3, -0.25) is 9.36 Å².